The molecule has 2 N–H and O–H groups in total. The highest BCUT2D eigenvalue weighted by Crippen LogP contribution is 2.48. The van der Waals surface area contributed by atoms with Crippen LogP contribution in [0.15, 0.2) is 48.7 Å². The number of hydrogen-bond donors (Lipinski definition) is 2. The Morgan fingerprint density at radius 3 is 1.96 bits per heavy atom. The third-order valence-electron chi connectivity index (χ3n) is 11.5. The number of nitrogens with one attached hydrogen (secondary N) is 2. The van der Waals surface area contributed by atoms with Crippen molar-refractivity contribution in [3.8, 4) is 45.4 Å². The average molecular weight is 741 g/mol. The van der Waals surface area contributed by atoms with E-state index < -0.39 is 0 Å². The molecule has 5 aliphatic rings. The van der Waals surface area contributed by atoms with Crippen molar-refractivity contribution in [1.29, 1.82) is 0 Å². The predicted octanol–water partition coefficient (Wildman–Crippen LogP) is 5.61. The molecule has 2 aromatic carbocycles. The van der Waals surface area contributed by atoms with Crippen LogP contribution in [-0.4, -0.2) is 88.0 Å². The molecule has 0 bridgehead atoms. The van der Waals surface area contributed by atoms with Gasteiger partial charge in [0.15, 0.2) is 0 Å². The van der Waals surface area contributed by atoms with Gasteiger partial charge in [-0.1, -0.05) is 59.6 Å². The second-order valence-electron chi connectivity index (χ2n) is 14.9. The van der Waals surface area contributed by atoms with Crippen LogP contribution in [-0.2, 0) is 22.6 Å². The summed E-state index contributed by atoms with van der Waals surface area (Å²) in [4.78, 5) is 42.9. The van der Waals surface area contributed by atoms with Crippen LogP contribution < -0.4 is 20.1 Å². The van der Waals surface area contributed by atoms with Crippen LogP contribution in [0.2, 0.25) is 10.0 Å². The highest BCUT2D eigenvalue weighted by atomic mass is 35.5. The Morgan fingerprint density at radius 1 is 0.788 bits per heavy atom. The van der Waals surface area contributed by atoms with E-state index in [0.717, 1.165) is 85.5 Å². The molecule has 4 saturated heterocycles. The van der Waals surface area contributed by atoms with Gasteiger partial charge in [0.1, 0.15) is 5.69 Å². The number of aromatic nitrogens is 3. The molecular weight excluding hydrogens is 701 g/mol. The molecule has 52 heavy (non-hydrogen) atoms. The average Bonchev–Trinajstić information content (AvgIpc) is 3.84. The topological polar surface area (TPSA) is 122 Å². The lowest BCUT2D eigenvalue weighted by molar-refractivity contribution is -0.121. The number of pyridine rings is 1. The zero-order valence-electron chi connectivity index (χ0n) is 29.1. The van der Waals surface area contributed by atoms with E-state index in [1.165, 1.54) is 5.56 Å². The second kappa shape index (κ2) is 12.7. The van der Waals surface area contributed by atoms with Crippen LogP contribution in [0.1, 0.15) is 55.0 Å². The van der Waals surface area contributed by atoms with Gasteiger partial charge in [0.2, 0.25) is 23.6 Å². The molecule has 0 radical (unpaired) electrons. The Bertz CT molecular complexity index is 2130. The van der Waals surface area contributed by atoms with Gasteiger partial charge in [-0.05, 0) is 37.3 Å². The summed E-state index contributed by atoms with van der Waals surface area (Å²) < 4.78 is 11.6. The Kier molecular flexibility index (Phi) is 8.18. The van der Waals surface area contributed by atoms with Crippen molar-refractivity contribution >= 4 is 35.0 Å². The Hall–Kier alpha value is -4.29. The molecule has 0 saturated carbocycles. The number of nitrogens with zero attached hydrogens (tertiary/aromatic N) is 5. The monoisotopic (exact) mass is 739 g/mol. The van der Waals surface area contributed by atoms with Gasteiger partial charge in [-0.15, -0.1) is 0 Å². The van der Waals surface area contributed by atoms with E-state index in [-0.39, 0.29) is 28.9 Å². The van der Waals surface area contributed by atoms with E-state index >= 15 is 0 Å². The summed E-state index contributed by atoms with van der Waals surface area (Å²) in [5.41, 5.74) is 7.25. The van der Waals surface area contributed by atoms with Crippen molar-refractivity contribution < 1.29 is 19.1 Å². The fraction of sp³-hybridized carbons (Fsp3) is 0.410. The summed E-state index contributed by atoms with van der Waals surface area (Å²) in [6, 6.07) is 14.0. The van der Waals surface area contributed by atoms with Crippen LogP contribution in [0, 0.1) is 0 Å². The molecule has 4 aromatic rings. The number of carbonyl (C=O) groups excluding carboxylic acids is 2. The van der Waals surface area contributed by atoms with Gasteiger partial charge in [-0.3, -0.25) is 24.4 Å². The highest BCUT2D eigenvalue weighted by Gasteiger charge is 2.51. The summed E-state index contributed by atoms with van der Waals surface area (Å²) in [5.74, 6) is 1.33. The molecule has 2 amide bonds. The molecule has 1 aliphatic carbocycles. The van der Waals surface area contributed by atoms with Gasteiger partial charge in [0, 0.05) is 79.4 Å². The lowest BCUT2D eigenvalue weighted by atomic mass is 9.86. The quantitative estimate of drug-likeness (QED) is 0.238. The van der Waals surface area contributed by atoms with E-state index in [4.69, 9.17) is 47.6 Å². The number of carbonyl (C=O) groups is 2. The molecule has 0 unspecified atom stereocenters. The van der Waals surface area contributed by atoms with Gasteiger partial charge in [0.05, 0.1) is 52.9 Å². The van der Waals surface area contributed by atoms with Gasteiger partial charge in [-0.25, -0.2) is 9.97 Å². The number of halogens is 2. The number of benzene rings is 2. The first-order valence-electron chi connectivity index (χ1n) is 17.8. The van der Waals surface area contributed by atoms with Crippen molar-refractivity contribution in [2.24, 2.45) is 0 Å². The summed E-state index contributed by atoms with van der Waals surface area (Å²) in [7, 11) is 3.26. The Labute approximate surface area is 312 Å². The largest absolute Gasteiger partial charge is 0.481 e. The van der Waals surface area contributed by atoms with Crippen LogP contribution >= 0.6 is 23.2 Å². The first kappa shape index (κ1) is 33.5. The molecule has 11 nitrogen and oxygen atoms in total. The molecule has 4 fully saturated rings. The van der Waals surface area contributed by atoms with Crippen molar-refractivity contribution in [3.05, 3.63) is 75.5 Å². The fourth-order valence-corrected chi connectivity index (χ4v) is 9.67. The standard InChI is InChI=1S/C39H39Cl2N7O4/c1-51-36-29(17-47-18-38(19-47)13-11-31(49)45-38)42-16-28(44-36)26-8-4-6-24(35(26)41)23-5-3-7-25(34(23)40)27-15-22-9-10-30(33(22)37(43-27)52-2)48-20-39(21-48)14-12-32(50)46-39/h3-8,15-16,30H,9-14,17-21H2,1-2H3,(H,45,49)(H,46,50)/t30-/m0/s1. The zero-order valence-corrected chi connectivity index (χ0v) is 30.6. The lowest BCUT2D eigenvalue weighted by Crippen LogP contribution is -2.67. The van der Waals surface area contributed by atoms with Crippen molar-refractivity contribution in [2.45, 2.75) is 62.2 Å². The number of fused-ring (bicyclic) bond motifs is 1. The number of amides is 2. The second-order valence-corrected chi connectivity index (χ2v) is 15.7. The maximum atomic E-state index is 11.9. The molecule has 13 heteroatoms. The van der Waals surface area contributed by atoms with E-state index in [0.29, 0.717) is 52.4 Å². The minimum atomic E-state index is -0.106. The minimum absolute atomic E-state index is 0.0792. The van der Waals surface area contributed by atoms with Gasteiger partial charge >= 0.3 is 0 Å². The lowest BCUT2D eigenvalue weighted by Gasteiger charge is -2.50. The SMILES string of the molecule is COc1nc(-c2cccc(-c3cccc(-c4cc5c(c(OC)n4)[C@@H](N4CC6(CCC(=O)N6)C4)CC5)c3Cl)c2Cl)cnc1CN1CC2(CCC(=O)N2)C1. The maximum Gasteiger partial charge on any atom is 0.237 e. The third-order valence-corrected chi connectivity index (χ3v) is 12.3. The number of aryl methyl sites for hydroxylation is 1. The molecule has 1 atom stereocenters. The number of methoxy groups -OCH3 is 2. The van der Waals surface area contributed by atoms with Crippen LogP contribution in [0.3, 0.4) is 0 Å². The first-order chi connectivity index (χ1) is 25.2. The van der Waals surface area contributed by atoms with Crippen LogP contribution in [0.5, 0.6) is 11.8 Å². The van der Waals surface area contributed by atoms with Gasteiger partial charge in [-0.2, -0.15) is 0 Å². The van der Waals surface area contributed by atoms with E-state index in [2.05, 4.69) is 26.5 Å². The van der Waals surface area contributed by atoms with E-state index in [1.807, 2.05) is 36.4 Å². The third kappa shape index (κ3) is 5.60. The molecule has 9 rings (SSSR count). The molecule has 2 aromatic heterocycles. The van der Waals surface area contributed by atoms with E-state index in [9.17, 15) is 9.59 Å². The smallest absolute Gasteiger partial charge is 0.237 e. The molecular formula is C39H39Cl2N7O4. The number of rotatable bonds is 8. The van der Waals surface area contributed by atoms with Crippen molar-refractivity contribution in [2.75, 3.05) is 40.4 Å². The number of ether oxygens (including phenoxy) is 2. The summed E-state index contributed by atoms with van der Waals surface area (Å²) in [5, 5.41) is 7.36. The van der Waals surface area contributed by atoms with Crippen LogP contribution in [0.4, 0.5) is 0 Å². The van der Waals surface area contributed by atoms with Crippen molar-refractivity contribution in [3.63, 3.8) is 0 Å². The zero-order chi connectivity index (χ0) is 35.8. The molecule has 2 spiro atoms. The predicted molar refractivity (Wildman–Crippen MR) is 197 cm³/mol. The normalized spacial score (nSPS) is 21.5. The van der Waals surface area contributed by atoms with Crippen LogP contribution in [0.25, 0.3) is 33.6 Å². The fourth-order valence-electron chi connectivity index (χ4n) is 9.02. The molecule has 6 heterocycles. The Morgan fingerprint density at radius 2 is 1.37 bits per heavy atom. The van der Waals surface area contributed by atoms with Gasteiger partial charge < -0.3 is 20.1 Å². The molecule has 4 aliphatic heterocycles. The summed E-state index contributed by atoms with van der Waals surface area (Å²) in [6.07, 6.45) is 6.58. The summed E-state index contributed by atoms with van der Waals surface area (Å²) >= 11 is 14.4. The first-order valence-corrected chi connectivity index (χ1v) is 18.6. The Balaban J connectivity index is 0.973. The minimum Gasteiger partial charge on any atom is -0.481 e. The maximum absolute atomic E-state index is 11.9. The highest BCUT2D eigenvalue weighted by molar-refractivity contribution is 6.39. The van der Waals surface area contributed by atoms with Gasteiger partial charge in [0.25, 0.3) is 0 Å². The molecule has 268 valence electrons. The summed E-state index contributed by atoms with van der Waals surface area (Å²) in [6.45, 7) is 3.85. The van der Waals surface area contributed by atoms with E-state index in [1.54, 1.807) is 20.4 Å². The number of hydrogen-bond acceptors (Lipinski definition) is 9. The number of likely N-dealkylation sites (tertiary alicyclic amines) is 2. The van der Waals surface area contributed by atoms with Crippen molar-refractivity contribution in [1.82, 2.24) is 35.4 Å².